The van der Waals surface area contributed by atoms with E-state index in [1.165, 1.54) is 6.07 Å². The van der Waals surface area contributed by atoms with Crippen LogP contribution in [-0.2, 0) is 11.3 Å². The van der Waals surface area contributed by atoms with E-state index in [-0.39, 0.29) is 18.1 Å². The van der Waals surface area contributed by atoms with Gasteiger partial charge in [-0.15, -0.1) is 0 Å². The molecule has 7 nitrogen and oxygen atoms in total. The van der Waals surface area contributed by atoms with Crippen LogP contribution in [0.3, 0.4) is 0 Å². The summed E-state index contributed by atoms with van der Waals surface area (Å²) in [5, 5.41) is 16.2. The van der Waals surface area contributed by atoms with Gasteiger partial charge in [-0.05, 0) is 18.7 Å². The van der Waals surface area contributed by atoms with Gasteiger partial charge in [0.1, 0.15) is 5.69 Å². The summed E-state index contributed by atoms with van der Waals surface area (Å²) in [4.78, 5) is 23.5. The van der Waals surface area contributed by atoms with Crippen molar-refractivity contribution in [2.75, 3.05) is 33.0 Å². The lowest BCUT2D eigenvalue weighted by atomic mass is 10.1. The molecule has 0 unspecified atom stereocenters. The first-order valence-electron chi connectivity index (χ1n) is 5.82. The topological polar surface area (TPSA) is 87.5 Å². The predicted octanol–water partition coefficient (Wildman–Crippen LogP) is 0.814. The minimum Gasteiger partial charge on any atom is -0.383 e. The average molecular weight is 266 g/mol. The first-order valence-corrected chi connectivity index (χ1v) is 5.82. The smallest absolute Gasteiger partial charge is 0.292 e. The third-order valence-electron chi connectivity index (χ3n) is 2.67. The molecule has 0 atom stereocenters. The molecule has 7 heteroatoms. The van der Waals surface area contributed by atoms with E-state index < -0.39 is 4.92 Å². The first-order chi connectivity index (χ1) is 8.97. The molecule has 0 fully saturated rings. The first kappa shape index (κ1) is 14.9. The van der Waals surface area contributed by atoms with Gasteiger partial charge < -0.3 is 10.6 Å². The number of nitrogens with zero attached hydrogens (tertiary/aromatic N) is 2. The minimum atomic E-state index is -0.423. The van der Waals surface area contributed by atoms with Crippen LogP contribution in [0.25, 0.3) is 0 Å². The highest BCUT2D eigenvalue weighted by Gasteiger charge is 2.14. The second-order valence-electron chi connectivity index (χ2n) is 4.20. The van der Waals surface area contributed by atoms with Gasteiger partial charge in [-0.25, -0.2) is 0 Å². The molecule has 0 aromatic heterocycles. The number of rotatable bonds is 6. The summed E-state index contributed by atoms with van der Waals surface area (Å²) in [5.74, 6) is -0.0937. The van der Waals surface area contributed by atoms with Crippen LogP contribution < -0.4 is 10.6 Å². The third kappa shape index (κ3) is 4.22. The van der Waals surface area contributed by atoms with Crippen molar-refractivity contribution in [3.8, 4) is 0 Å². The third-order valence-corrected chi connectivity index (χ3v) is 2.67. The zero-order valence-corrected chi connectivity index (χ0v) is 11.3. The quantitative estimate of drug-likeness (QED) is 0.588. The van der Waals surface area contributed by atoms with Gasteiger partial charge in [0.05, 0.1) is 11.5 Å². The molecule has 0 aliphatic rings. The highest BCUT2D eigenvalue weighted by molar-refractivity contribution is 5.77. The second-order valence-corrected chi connectivity index (χ2v) is 4.20. The van der Waals surface area contributed by atoms with Crippen LogP contribution in [0.4, 0.5) is 11.4 Å². The molecule has 0 spiro atoms. The Labute approximate surface area is 111 Å². The number of nitro benzene ring substituents is 1. The fourth-order valence-corrected chi connectivity index (χ4v) is 1.73. The molecule has 0 saturated carbocycles. The highest BCUT2D eigenvalue weighted by atomic mass is 16.6. The van der Waals surface area contributed by atoms with Crippen LogP contribution in [0, 0.1) is 10.1 Å². The number of benzene rings is 1. The molecule has 1 aromatic rings. The summed E-state index contributed by atoms with van der Waals surface area (Å²) in [5.41, 5.74) is 1.30. The summed E-state index contributed by atoms with van der Waals surface area (Å²) >= 11 is 0. The largest absolute Gasteiger partial charge is 0.383 e. The van der Waals surface area contributed by atoms with Gasteiger partial charge in [-0.1, -0.05) is 6.07 Å². The van der Waals surface area contributed by atoms with Gasteiger partial charge in [0.25, 0.3) is 5.69 Å². The number of hydrogen-bond donors (Lipinski definition) is 2. The second kappa shape index (κ2) is 6.69. The molecule has 1 aromatic carbocycles. The van der Waals surface area contributed by atoms with Crippen molar-refractivity contribution in [2.24, 2.45) is 0 Å². The summed E-state index contributed by atoms with van der Waals surface area (Å²) in [6, 6.07) is 4.99. The lowest BCUT2D eigenvalue weighted by Crippen LogP contribution is -2.32. The van der Waals surface area contributed by atoms with E-state index >= 15 is 0 Å². The molecule has 0 aliphatic heterocycles. The van der Waals surface area contributed by atoms with E-state index in [9.17, 15) is 14.9 Å². The van der Waals surface area contributed by atoms with Gasteiger partial charge in [-0.3, -0.25) is 19.8 Å². The van der Waals surface area contributed by atoms with Crippen molar-refractivity contribution in [3.63, 3.8) is 0 Å². The molecular formula is C12H18N4O3. The Morgan fingerprint density at radius 2 is 2.11 bits per heavy atom. The van der Waals surface area contributed by atoms with Gasteiger partial charge in [0.2, 0.25) is 5.91 Å². The van der Waals surface area contributed by atoms with E-state index in [4.69, 9.17) is 0 Å². The summed E-state index contributed by atoms with van der Waals surface area (Å²) in [6.45, 7) is 0.719. The SMILES string of the molecule is CNC(=O)CN(C)Cc1ccc(NC)c([N+](=O)[O-])c1. The van der Waals surface area contributed by atoms with E-state index in [0.29, 0.717) is 12.2 Å². The molecule has 1 rings (SSSR count). The number of anilines is 1. The lowest BCUT2D eigenvalue weighted by molar-refractivity contribution is -0.384. The Balaban J connectivity index is 2.82. The Morgan fingerprint density at radius 1 is 1.42 bits per heavy atom. The van der Waals surface area contributed by atoms with Crippen LogP contribution in [0.5, 0.6) is 0 Å². The zero-order valence-electron chi connectivity index (χ0n) is 11.3. The van der Waals surface area contributed by atoms with Crippen LogP contribution in [0.15, 0.2) is 18.2 Å². The molecular weight excluding hydrogens is 248 g/mol. The average Bonchev–Trinajstić information content (AvgIpc) is 2.38. The van der Waals surface area contributed by atoms with Crippen LogP contribution in [0.2, 0.25) is 0 Å². The molecule has 0 aliphatic carbocycles. The molecule has 0 saturated heterocycles. The number of carbonyl (C=O) groups is 1. The van der Waals surface area contributed by atoms with Crippen molar-refractivity contribution < 1.29 is 9.72 Å². The number of amides is 1. The fraction of sp³-hybridized carbons (Fsp3) is 0.417. The van der Waals surface area contributed by atoms with E-state index in [0.717, 1.165) is 5.56 Å². The van der Waals surface area contributed by atoms with Crippen molar-refractivity contribution in [3.05, 3.63) is 33.9 Å². The Hall–Kier alpha value is -2.15. The monoisotopic (exact) mass is 266 g/mol. The number of hydrogen-bond acceptors (Lipinski definition) is 5. The van der Waals surface area contributed by atoms with Crippen molar-refractivity contribution >= 4 is 17.3 Å². The van der Waals surface area contributed by atoms with Crippen molar-refractivity contribution in [2.45, 2.75) is 6.54 Å². The van der Waals surface area contributed by atoms with Gasteiger partial charge in [0.15, 0.2) is 0 Å². The summed E-state index contributed by atoms with van der Waals surface area (Å²) in [7, 11) is 5.00. The number of nitrogens with one attached hydrogen (secondary N) is 2. The summed E-state index contributed by atoms with van der Waals surface area (Å²) in [6.07, 6.45) is 0. The predicted molar refractivity (Wildman–Crippen MR) is 73.0 cm³/mol. The molecule has 2 N–H and O–H groups in total. The van der Waals surface area contributed by atoms with Gasteiger partial charge >= 0.3 is 0 Å². The Bertz CT molecular complexity index is 476. The normalized spacial score (nSPS) is 10.3. The lowest BCUT2D eigenvalue weighted by Gasteiger charge is -2.15. The Kier molecular flexibility index (Phi) is 5.25. The standard InChI is InChI=1S/C12H18N4O3/c1-13-10-5-4-9(6-11(10)16(18)19)7-15(3)8-12(17)14-2/h4-6,13H,7-8H2,1-3H3,(H,14,17). The molecule has 0 bridgehead atoms. The molecule has 0 heterocycles. The van der Waals surface area contributed by atoms with Gasteiger partial charge in [-0.2, -0.15) is 0 Å². The van der Waals surface area contributed by atoms with E-state index in [1.807, 2.05) is 0 Å². The number of nitro groups is 1. The molecule has 19 heavy (non-hydrogen) atoms. The van der Waals surface area contributed by atoms with E-state index in [1.54, 1.807) is 38.2 Å². The van der Waals surface area contributed by atoms with E-state index in [2.05, 4.69) is 10.6 Å². The van der Waals surface area contributed by atoms with Crippen LogP contribution >= 0.6 is 0 Å². The van der Waals surface area contributed by atoms with Crippen molar-refractivity contribution in [1.82, 2.24) is 10.2 Å². The van der Waals surface area contributed by atoms with Crippen molar-refractivity contribution in [1.29, 1.82) is 0 Å². The maximum absolute atomic E-state index is 11.2. The maximum Gasteiger partial charge on any atom is 0.292 e. The number of carbonyl (C=O) groups excluding carboxylic acids is 1. The zero-order chi connectivity index (χ0) is 14.4. The van der Waals surface area contributed by atoms with Gasteiger partial charge in [0, 0.05) is 26.7 Å². The minimum absolute atomic E-state index is 0.0355. The summed E-state index contributed by atoms with van der Waals surface area (Å²) < 4.78 is 0. The van der Waals surface area contributed by atoms with Crippen LogP contribution in [0.1, 0.15) is 5.56 Å². The maximum atomic E-state index is 11.2. The molecule has 0 radical (unpaired) electrons. The fourth-order valence-electron chi connectivity index (χ4n) is 1.73. The Morgan fingerprint density at radius 3 is 2.63 bits per heavy atom. The van der Waals surface area contributed by atoms with Crippen LogP contribution in [-0.4, -0.2) is 43.4 Å². The molecule has 104 valence electrons. The number of likely N-dealkylation sites (N-methyl/N-ethyl adjacent to an activating group) is 2. The molecule has 1 amide bonds. The highest BCUT2D eigenvalue weighted by Crippen LogP contribution is 2.25.